The van der Waals surface area contributed by atoms with Gasteiger partial charge >= 0.3 is 0 Å². The molecular weight excluding hydrogens is 266 g/mol. The van der Waals surface area contributed by atoms with Crippen molar-refractivity contribution in [1.29, 1.82) is 0 Å². The van der Waals surface area contributed by atoms with Gasteiger partial charge in [-0.25, -0.2) is 0 Å². The average molecular weight is 291 g/mol. The Bertz CT molecular complexity index is 656. The van der Waals surface area contributed by atoms with Crippen molar-refractivity contribution in [3.63, 3.8) is 0 Å². The van der Waals surface area contributed by atoms with Gasteiger partial charge in [-0.05, 0) is 54.5 Å². The average Bonchev–Trinajstić information content (AvgIpc) is 3.11. The summed E-state index contributed by atoms with van der Waals surface area (Å²) in [5, 5.41) is 0. The van der Waals surface area contributed by atoms with E-state index < -0.39 is 0 Å². The number of benzene rings is 1. The highest BCUT2D eigenvalue weighted by molar-refractivity contribution is 6.25. The van der Waals surface area contributed by atoms with Crippen molar-refractivity contribution in [1.82, 2.24) is 0 Å². The molecule has 0 aromatic heterocycles. The lowest BCUT2D eigenvalue weighted by atomic mass is 10.0. The maximum absolute atomic E-state index is 4.95. The van der Waals surface area contributed by atoms with Crippen LogP contribution in [-0.2, 0) is 0 Å². The van der Waals surface area contributed by atoms with Crippen molar-refractivity contribution in [2.75, 3.05) is 0 Å². The van der Waals surface area contributed by atoms with Crippen LogP contribution in [0.25, 0.3) is 5.57 Å². The monoisotopic (exact) mass is 291 g/mol. The molecule has 0 atom stereocenters. The van der Waals surface area contributed by atoms with Gasteiger partial charge in [-0.3, -0.25) is 4.99 Å². The fourth-order valence-electron chi connectivity index (χ4n) is 3.14. The molecule has 3 rings (SSSR count). The lowest BCUT2D eigenvalue weighted by Crippen LogP contribution is -1.98. The van der Waals surface area contributed by atoms with Gasteiger partial charge in [0.2, 0.25) is 0 Å². The molecule has 0 amide bonds. The predicted molar refractivity (Wildman–Crippen MR) is 96.0 cm³/mol. The second-order valence-corrected chi connectivity index (χ2v) is 6.17. The Morgan fingerprint density at radius 2 is 1.55 bits per heavy atom. The molecule has 0 bridgehead atoms. The molecule has 1 heteroatoms. The molecule has 2 aliphatic rings. The van der Waals surface area contributed by atoms with Crippen LogP contribution in [0.15, 0.2) is 64.3 Å². The predicted octanol–water partition coefficient (Wildman–Crippen LogP) is 6.10. The van der Waals surface area contributed by atoms with Crippen LogP contribution in [0.5, 0.6) is 0 Å². The van der Waals surface area contributed by atoms with E-state index in [2.05, 4.69) is 56.3 Å². The molecule has 0 N–H and O–H groups in total. The van der Waals surface area contributed by atoms with Crippen LogP contribution in [0.2, 0.25) is 0 Å². The first-order valence-electron chi connectivity index (χ1n) is 8.63. The number of nitrogens with zero attached hydrogens (tertiary/aromatic N) is 1. The zero-order valence-corrected chi connectivity index (χ0v) is 13.7. The van der Waals surface area contributed by atoms with E-state index >= 15 is 0 Å². The highest BCUT2D eigenvalue weighted by atomic mass is 14.8. The number of hydrogen-bond acceptors (Lipinski definition) is 1. The van der Waals surface area contributed by atoms with Gasteiger partial charge in [-0.15, -0.1) is 0 Å². The standard InChI is InChI=1S/C21H25N/c1-3-5-10-17-14-19(16-11-8-7-9-12-16)20-15-18(13-6-4-2)22-21(17)20/h7-9,11-12,14-15H,3-6,10,13H2,1-2H3. The van der Waals surface area contributed by atoms with Crippen LogP contribution in [0, 0.1) is 0 Å². The third-order valence-electron chi connectivity index (χ3n) is 4.41. The Balaban J connectivity index is 1.94. The molecule has 1 aromatic rings. The molecule has 0 fully saturated rings. The Morgan fingerprint density at radius 3 is 2.27 bits per heavy atom. The van der Waals surface area contributed by atoms with E-state index in [9.17, 15) is 0 Å². The lowest BCUT2D eigenvalue weighted by molar-refractivity contribution is 0.782. The SMILES string of the molecule is CCCCC1=CC2=C(c3ccccc3)C=C(CCCC)C2=N1. The van der Waals surface area contributed by atoms with Crippen molar-refractivity contribution < 1.29 is 0 Å². The fourth-order valence-corrected chi connectivity index (χ4v) is 3.14. The van der Waals surface area contributed by atoms with Gasteiger partial charge in [0, 0.05) is 11.3 Å². The molecule has 0 spiro atoms. The highest BCUT2D eigenvalue weighted by Gasteiger charge is 2.26. The quantitative estimate of drug-likeness (QED) is 0.575. The maximum Gasteiger partial charge on any atom is 0.0744 e. The van der Waals surface area contributed by atoms with E-state index in [1.54, 1.807) is 0 Å². The largest absolute Gasteiger partial charge is 0.253 e. The zero-order chi connectivity index (χ0) is 15.4. The summed E-state index contributed by atoms with van der Waals surface area (Å²) in [6, 6.07) is 10.7. The molecular formula is C21H25N. The number of rotatable bonds is 7. The van der Waals surface area contributed by atoms with Crippen LogP contribution >= 0.6 is 0 Å². The Morgan fingerprint density at radius 1 is 0.818 bits per heavy atom. The minimum atomic E-state index is 1.10. The molecule has 1 aliphatic carbocycles. The Kier molecular flexibility index (Phi) is 4.72. The summed E-state index contributed by atoms with van der Waals surface area (Å²) in [6.45, 7) is 4.49. The van der Waals surface area contributed by atoms with Gasteiger partial charge in [0.15, 0.2) is 0 Å². The van der Waals surface area contributed by atoms with Crippen molar-refractivity contribution in [2.45, 2.75) is 52.4 Å². The van der Waals surface area contributed by atoms with Gasteiger partial charge < -0.3 is 0 Å². The third-order valence-corrected chi connectivity index (χ3v) is 4.41. The minimum Gasteiger partial charge on any atom is -0.253 e. The van der Waals surface area contributed by atoms with Crippen molar-refractivity contribution in [2.24, 2.45) is 4.99 Å². The van der Waals surface area contributed by atoms with Gasteiger partial charge in [-0.1, -0.05) is 57.0 Å². The van der Waals surface area contributed by atoms with E-state index in [-0.39, 0.29) is 0 Å². The third kappa shape index (κ3) is 2.99. The second kappa shape index (κ2) is 6.91. The highest BCUT2D eigenvalue weighted by Crippen LogP contribution is 2.38. The smallest absolute Gasteiger partial charge is 0.0744 e. The van der Waals surface area contributed by atoms with Crippen LogP contribution in [0.4, 0.5) is 0 Å². The Hall–Kier alpha value is -1.89. The minimum absolute atomic E-state index is 1.10. The molecule has 114 valence electrons. The van der Waals surface area contributed by atoms with Crippen molar-refractivity contribution in [3.8, 4) is 0 Å². The maximum atomic E-state index is 4.95. The normalized spacial score (nSPS) is 16.5. The summed E-state index contributed by atoms with van der Waals surface area (Å²) in [5.74, 6) is 0. The van der Waals surface area contributed by atoms with Crippen LogP contribution in [0.1, 0.15) is 57.9 Å². The second-order valence-electron chi connectivity index (χ2n) is 6.17. The molecule has 0 saturated heterocycles. The van der Waals surface area contributed by atoms with Crippen molar-refractivity contribution in [3.05, 3.63) is 64.9 Å². The van der Waals surface area contributed by atoms with E-state index in [1.165, 1.54) is 59.4 Å². The number of unbranched alkanes of at least 4 members (excludes halogenated alkanes) is 2. The molecule has 0 saturated carbocycles. The summed E-state index contributed by atoms with van der Waals surface area (Å²) in [5.41, 5.74) is 7.96. The molecule has 1 nitrogen and oxygen atoms in total. The van der Waals surface area contributed by atoms with Gasteiger partial charge in [-0.2, -0.15) is 0 Å². The van der Waals surface area contributed by atoms with Crippen LogP contribution < -0.4 is 0 Å². The van der Waals surface area contributed by atoms with E-state index in [0.717, 1.165) is 12.8 Å². The summed E-state index contributed by atoms with van der Waals surface area (Å²) in [6.07, 6.45) is 11.9. The number of fused-ring (bicyclic) bond motifs is 1. The van der Waals surface area contributed by atoms with Gasteiger partial charge in [0.1, 0.15) is 0 Å². The first-order chi connectivity index (χ1) is 10.8. The van der Waals surface area contributed by atoms with E-state index in [0.29, 0.717) is 0 Å². The Labute approximate surface area is 134 Å². The summed E-state index contributed by atoms with van der Waals surface area (Å²) < 4.78 is 0. The van der Waals surface area contributed by atoms with Crippen LogP contribution in [-0.4, -0.2) is 5.71 Å². The number of allylic oxidation sites excluding steroid dienone is 6. The van der Waals surface area contributed by atoms with E-state index in [1.807, 2.05) is 0 Å². The summed E-state index contributed by atoms with van der Waals surface area (Å²) in [4.78, 5) is 4.95. The van der Waals surface area contributed by atoms with Gasteiger partial charge in [0.05, 0.1) is 5.71 Å². The van der Waals surface area contributed by atoms with Gasteiger partial charge in [0.25, 0.3) is 0 Å². The van der Waals surface area contributed by atoms with Crippen molar-refractivity contribution >= 4 is 11.3 Å². The molecule has 1 heterocycles. The number of hydrogen-bond donors (Lipinski definition) is 0. The molecule has 0 unspecified atom stereocenters. The lowest BCUT2D eigenvalue weighted by Gasteiger charge is -2.02. The first kappa shape index (κ1) is 15.0. The fraction of sp³-hybridized carbons (Fsp3) is 0.381. The van der Waals surface area contributed by atoms with Crippen LogP contribution in [0.3, 0.4) is 0 Å². The topological polar surface area (TPSA) is 12.4 Å². The summed E-state index contributed by atoms with van der Waals surface area (Å²) in [7, 11) is 0. The zero-order valence-electron chi connectivity index (χ0n) is 13.7. The number of aliphatic imine (C=N–C) groups is 1. The first-order valence-corrected chi connectivity index (χ1v) is 8.63. The molecule has 0 radical (unpaired) electrons. The van der Waals surface area contributed by atoms with E-state index in [4.69, 9.17) is 4.99 Å². The summed E-state index contributed by atoms with van der Waals surface area (Å²) >= 11 is 0. The molecule has 1 aliphatic heterocycles. The molecule has 22 heavy (non-hydrogen) atoms. The molecule has 1 aromatic carbocycles.